The number of sulfone groups is 1. The van der Waals surface area contributed by atoms with E-state index in [9.17, 15) is 13.2 Å². The van der Waals surface area contributed by atoms with Gasteiger partial charge in [0.05, 0.1) is 11.4 Å². The molecule has 1 fully saturated rings. The summed E-state index contributed by atoms with van der Waals surface area (Å²) in [4.78, 5) is 23.5. The van der Waals surface area contributed by atoms with Crippen LogP contribution in [0.1, 0.15) is 34.9 Å². The van der Waals surface area contributed by atoms with E-state index in [1.807, 2.05) is 18.2 Å². The Morgan fingerprint density at radius 1 is 1.22 bits per heavy atom. The van der Waals surface area contributed by atoms with E-state index in [1.165, 1.54) is 11.1 Å². The van der Waals surface area contributed by atoms with Crippen molar-refractivity contribution in [1.82, 2.24) is 14.9 Å². The Morgan fingerprint density at radius 2 is 1.96 bits per heavy atom. The molecule has 1 aromatic carbocycles. The standard InChI is InChI=1S/C19H19N3O4S/c1-27(24,25)15-9-10-22(12-15)19(23)16-11-20-17(13-7-8-13)21-18(16)26-14-5-3-2-4-6-14/h2-6,9,11,13H,7-8,10,12H2,1H3. The van der Waals surface area contributed by atoms with Gasteiger partial charge < -0.3 is 9.64 Å². The maximum atomic E-state index is 13.0. The highest BCUT2D eigenvalue weighted by Gasteiger charge is 2.31. The maximum Gasteiger partial charge on any atom is 0.261 e. The van der Waals surface area contributed by atoms with Crippen molar-refractivity contribution < 1.29 is 17.9 Å². The highest BCUT2D eigenvalue weighted by Crippen LogP contribution is 2.39. The van der Waals surface area contributed by atoms with Crippen molar-refractivity contribution in [3.63, 3.8) is 0 Å². The van der Waals surface area contributed by atoms with Crippen LogP contribution in [-0.2, 0) is 9.84 Å². The fourth-order valence-corrected chi connectivity index (χ4v) is 3.63. The summed E-state index contributed by atoms with van der Waals surface area (Å²) in [5.41, 5.74) is 0.228. The molecule has 0 bridgehead atoms. The molecule has 7 nitrogen and oxygen atoms in total. The van der Waals surface area contributed by atoms with Crippen molar-refractivity contribution in [1.29, 1.82) is 0 Å². The van der Waals surface area contributed by atoms with Crippen LogP contribution in [0.2, 0.25) is 0 Å². The summed E-state index contributed by atoms with van der Waals surface area (Å²) in [5.74, 6) is 1.42. The van der Waals surface area contributed by atoms with Crippen LogP contribution >= 0.6 is 0 Å². The molecule has 2 aromatic rings. The van der Waals surface area contributed by atoms with Crippen molar-refractivity contribution in [3.05, 3.63) is 58.9 Å². The molecule has 0 N–H and O–H groups in total. The number of rotatable bonds is 5. The molecule has 0 unspecified atom stereocenters. The van der Waals surface area contributed by atoms with Gasteiger partial charge in [0.25, 0.3) is 5.91 Å². The molecular formula is C19H19N3O4S. The predicted molar refractivity (Wildman–Crippen MR) is 99.4 cm³/mol. The summed E-state index contributed by atoms with van der Waals surface area (Å²) in [7, 11) is -3.31. The number of ether oxygens (including phenoxy) is 1. The summed E-state index contributed by atoms with van der Waals surface area (Å²) in [5, 5.41) is 0. The third kappa shape index (κ3) is 3.85. The lowest BCUT2D eigenvalue weighted by atomic mass is 10.2. The summed E-state index contributed by atoms with van der Waals surface area (Å²) in [6.07, 6.45) is 6.26. The number of carbonyl (C=O) groups is 1. The van der Waals surface area contributed by atoms with Gasteiger partial charge in [0.2, 0.25) is 5.88 Å². The smallest absolute Gasteiger partial charge is 0.261 e. The minimum Gasteiger partial charge on any atom is -0.438 e. The SMILES string of the molecule is CS(=O)(=O)C1=CCN(C(=O)c2cnc(C3CC3)nc2Oc2ccccc2)C1. The summed E-state index contributed by atoms with van der Waals surface area (Å²) in [6, 6.07) is 9.11. The lowest BCUT2D eigenvalue weighted by molar-refractivity contribution is 0.0795. The van der Waals surface area contributed by atoms with Gasteiger partial charge in [0.1, 0.15) is 17.1 Å². The maximum absolute atomic E-state index is 13.0. The lowest BCUT2D eigenvalue weighted by Crippen LogP contribution is -2.30. The minimum atomic E-state index is -3.31. The first-order valence-corrected chi connectivity index (χ1v) is 10.6. The largest absolute Gasteiger partial charge is 0.438 e. The van der Waals surface area contributed by atoms with Crippen molar-refractivity contribution in [2.24, 2.45) is 0 Å². The quantitative estimate of drug-likeness (QED) is 0.786. The van der Waals surface area contributed by atoms with E-state index in [4.69, 9.17) is 4.74 Å². The van der Waals surface area contributed by atoms with Gasteiger partial charge in [-0.1, -0.05) is 18.2 Å². The van der Waals surface area contributed by atoms with Crippen molar-refractivity contribution >= 4 is 15.7 Å². The van der Waals surface area contributed by atoms with Gasteiger partial charge in [0.15, 0.2) is 9.84 Å². The Kier molecular flexibility index (Phi) is 4.43. The molecule has 0 atom stereocenters. The van der Waals surface area contributed by atoms with Crippen molar-refractivity contribution in [2.45, 2.75) is 18.8 Å². The Labute approximate surface area is 157 Å². The van der Waals surface area contributed by atoms with E-state index in [0.29, 0.717) is 17.5 Å². The zero-order chi connectivity index (χ0) is 19.0. The van der Waals surface area contributed by atoms with Crippen LogP contribution in [0.4, 0.5) is 0 Å². The van der Waals surface area contributed by atoms with E-state index < -0.39 is 9.84 Å². The van der Waals surface area contributed by atoms with Crippen molar-refractivity contribution in [3.8, 4) is 11.6 Å². The zero-order valence-electron chi connectivity index (χ0n) is 14.8. The Bertz CT molecular complexity index is 1010. The fourth-order valence-electron chi connectivity index (χ4n) is 2.86. The molecule has 2 aliphatic rings. The molecule has 1 saturated carbocycles. The highest BCUT2D eigenvalue weighted by molar-refractivity contribution is 7.94. The molecule has 8 heteroatoms. The Balaban J connectivity index is 1.62. The van der Waals surface area contributed by atoms with Gasteiger partial charge in [-0.3, -0.25) is 4.79 Å². The van der Waals surface area contributed by atoms with Crippen LogP contribution in [0.3, 0.4) is 0 Å². The average molecular weight is 385 g/mol. The van der Waals surface area contributed by atoms with Gasteiger partial charge in [0, 0.05) is 24.9 Å². The summed E-state index contributed by atoms with van der Waals surface area (Å²) in [6.45, 7) is 0.281. The first-order chi connectivity index (χ1) is 12.9. The topological polar surface area (TPSA) is 89.5 Å². The molecule has 0 spiro atoms. The number of benzene rings is 1. The van der Waals surface area contributed by atoms with Crippen LogP contribution in [0, 0.1) is 0 Å². The lowest BCUT2D eigenvalue weighted by Gasteiger charge is -2.18. The van der Waals surface area contributed by atoms with Crippen LogP contribution in [0.15, 0.2) is 47.5 Å². The number of hydrogen-bond donors (Lipinski definition) is 0. The van der Waals surface area contributed by atoms with Crippen LogP contribution in [0.25, 0.3) is 0 Å². The second-order valence-electron chi connectivity index (χ2n) is 6.76. The van der Waals surface area contributed by atoms with Crippen LogP contribution in [0.5, 0.6) is 11.6 Å². The molecule has 1 aliphatic carbocycles. The molecule has 0 saturated heterocycles. The highest BCUT2D eigenvalue weighted by atomic mass is 32.2. The molecule has 1 aliphatic heterocycles. The van der Waals surface area contributed by atoms with E-state index in [-0.39, 0.29) is 35.3 Å². The summed E-state index contributed by atoms with van der Waals surface area (Å²) >= 11 is 0. The first kappa shape index (κ1) is 17.7. The predicted octanol–water partition coefficient (Wildman–Crippen LogP) is 2.53. The van der Waals surface area contributed by atoms with Crippen LogP contribution in [-0.4, -0.2) is 48.5 Å². The fraction of sp³-hybridized carbons (Fsp3) is 0.316. The average Bonchev–Trinajstić information content (AvgIpc) is 3.37. The van der Waals surface area contributed by atoms with E-state index in [0.717, 1.165) is 19.1 Å². The summed E-state index contributed by atoms with van der Waals surface area (Å²) < 4.78 is 29.3. The molecule has 27 heavy (non-hydrogen) atoms. The van der Waals surface area contributed by atoms with E-state index in [1.54, 1.807) is 18.2 Å². The Morgan fingerprint density at radius 3 is 2.59 bits per heavy atom. The third-order valence-corrected chi connectivity index (χ3v) is 5.80. The van der Waals surface area contributed by atoms with Gasteiger partial charge in [-0.05, 0) is 31.1 Å². The minimum absolute atomic E-state index is 0.0484. The second-order valence-corrected chi connectivity index (χ2v) is 8.83. The first-order valence-electron chi connectivity index (χ1n) is 8.70. The van der Waals surface area contributed by atoms with Crippen molar-refractivity contribution in [2.75, 3.05) is 19.3 Å². The molecular weight excluding hydrogens is 366 g/mol. The molecule has 140 valence electrons. The van der Waals surface area contributed by atoms with Crippen LogP contribution < -0.4 is 4.74 Å². The second kappa shape index (κ2) is 6.77. The molecule has 4 rings (SSSR count). The molecule has 0 radical (unpaired) electrons. The number of aromatic nitrogens is 2. The van der Waals surface area contributed by atoms with Gasteiger partial charge in [-0.15, -0.1) is 0 Å². The van der Waals surface area contributed by atoms with E-state index in [2.05, 4.69) is 9.97 Å². The molecule has 1 amide bonds. The Hall–Kier alpha value is -2.74. The monoisotopic (exact) mass is 385 g/mol. The van der Waals surface area contributed by atoms with Gasteiger partial charge in [-0.2, -0.15) is 4.98 Å². The third-order valence-electron chi connectivity index (χ3n) is 4.55. The number of para-hydroxylation sites is 1. The van der Waals surface area contributed by atoms with E-state index >= 15 is 0 Å². The normalized spacial score (nSPS) is 16.9. The van der Waals surface area contributed by atoms with Gasteiger partial charge >= 0.3 is 0 Å². The molecule has 1 aromatic heterocycles. The number of carbonyl (C=O) groups excluding carboxylic acids is 1. The number of nitrogens with zero attached hydrogens (tertiary/aromatic N) is 3. The zero-order valence-corrected chi connectivity index (χ0v) is 15.6. The number of amides is 1. The molecule has 2 heterocycles. The van der Waals surface area contributed by atoms with Gasteiger partial charge in [-0.25, -0.2) is 13.4 Å². The number of hydrogen-bond acceptors (Lipinski definition) is 6.